The maximum atomic E-state index is 13.2. The number of benzene rings is 1. The molecule has 1 aromatic carbocycles. The van der Waals surface area contributed by atoms with Crippen molar-refractivity contribution >= 4 is 11.6 Å². The summed E-state index contributed by atoms with van der Waals surface area (Å²) in [5.41, 5.74) is 2.81. The summed E-state index contributed by atoms with van der Waals surface area (Å²) >= 11 is 5.71. The Bertz CT molecular complexity index is 314. The van der Waals surface area contributed by atoms with E-state index in [0.29, 0.717) is 10.6 Å². The lowest BCUT2D eigenvalue weighted by molar-refractivity contribution is 0.568. The monoisotopic (exact) mass is 200 g/mol. The van der Waals surface area contributed by atoms with Gasteiger partial charge in [-0.15, -0.1) is 6.58 Å². The third-order valence-electron chi connectivity index (χ3n) is 1.71. The number of nitrogens with two attached hydrogens (primary N) is 1. The van der Waals surface area contributed by atoms with E-state index in [1.807, 2.05) is 0 Å². The van der Waals surface area contributed by atoms with Crippen LogP contribution >= 0.6 is 11.6 Å². The molecule has 0 heterocycles. The highest BCUT2D eigenvalue weighted by atomic mass is 35.5. The molecule has 1 unspecified atom stereocenters. The fourth-order valence-corrected chi connectivity index (χ4v) is 1.22. The van der Waals surface area contributed by atoms with Gasteiger partial charge >= 0.3 is 0 Å². The predicted octanol–water partition coefficient (Wildman–Crippen LogP) is 2.17. The number of nitrogens with one attached hydrogen (secondary N) is 1. The molecular weight excluding hydrogens is 191 g/mol. The Morgan fingerprint density at radius 2 is 2.31 bits per heavy atom. The lowest BCUT2D eigenvalue weighted by Gasteiger charge is -2.12. The largest absolute Gasteiger partial charge is 0.271 e. The van der Waals surface area contributed by atoms with E-state index in [2.05, 4.69) is 12.0 Å². The van der Waals surface area contributed by atoms with Crippen LogP contribution in [0.1, 0.15) is 11.6 Å². The van der Waals surface area contributed by atoms with E-state index < -0.39 is 6.04 Å². The van der Waals surface area contributed by atoms with E-state index in [9.17, 15) is 4.39 Å². The Morgan fingerprint density at radius 3 is 2.85 bits per heavy atom. The molecule has 0 aliphatic carbocycles. The summed E-state index contributed by atoms with van der Waals surface area (Å²) in [4.78, 5) is 0. The molecule has 0 saturated heterocycles. The summed E-state index contributed by atoms with van der Waals surface area (Å²) in [6.45, 7) is 3.53. The molecule has 0 amide bonds. The fourth-order valence-electron chi connectivity index (χ4n) is 1.04. The molecule has 0 saturated carbocycles. The number of halogens is 2. The zero-order chi connectivity index (χ0) is 9.84. The van der Waals surface area contributed by atoms with Crippen molar-refractivity contribution in [1.29, 1.82) is 0 Å². The van der Waals surface area contributed by atoms with Gasteiger partial charge in [0.15, 0.2) is 0 Å². The van der Waals surface area contributed by atoms with Gasteiger partial charge in [0.25, 0.3) is 0 Å². The van der Waals surface area contributed by atoms with Crippen molar-refractivity contribution in [2.24, 2.45) is 5.84 Å². The highest BCUT2D eigenvalue weighted by Crippen LogP contribution is 2.21. The topological polar surface area (TPSA) is 38.0 Å². The van der Waals surface area contributed by atoms with Crippen LogP contribution in [0.5, 0.6) is 0 Å². The first kappa shape index (κ1) is 10.2. The zero-order valence-corrected chi connectivity index (χ0v) is 7.68. The normalized spacial score (nSPS) is 12.5. The third-order valence-corrected chi connectivity index (χ3v) is 1.94. The van der Waals surface area contributed by atoms with Crippen LogP contribution in [0.3, 0.4) is 0 Å². The van der Waals surface area contributed by atoms with Gasteiger partial charge in [-0.1, -0.05) is 17.7 Å². The Labute approximate surface area is 81.2 Å². The lowest BCUT2D eigenvalue weighted by atomic mass is 10.1. The number of hydrazine groups is 1. The van der Waals surface area contributed by atoms with Crippen LogP contribution in [-0.4, -0.2) is 0 Å². The van der Waals surface area contributed by atoms with Gasteiger partial charge in [-0.25, -0.2) is 9.82 Å². The summed E-state index contributed by atoms with van der Waals surface area (Å²) in [6, 6.07) is 3.88. The maximum Gasteiger partial charge on any atom is 0.128 e. The first-order chi connectivity index (χ1) is 6.19. The summed E-state index contributed by atoms with van der Waals surface area (Å²) in [5.74, 6) is 4.85. The van der Waals surface area contributed by atoms with Crippen LogP contribution in [0.4, 0.5) is 4.39 Å². The highest BCUT2D eigenvalue weighted by Gasteiger charge is 2.10. The van der Waals surface area contributed by atoms with Gasteiger partial charge in [0.05, 0.1) is 6.04 Å². The molecule has 0 fully saturated rings. The third kappa shape index (κ3) is 2.28. The minimum Gasteiger partial charge on any atom is -0.271 e. The Balaban J connectivity index is 3.10. The summed E-state index contributed by atoms with van der Waals surface area (Å²) in [5, 5.41) is 0.471. The van der Waals surface area contributed by atoms with Crippen LogP contribution in [0.15, 0.2) is 30.9 Å². The lowest BCUT2D eigenvalue weighted by Crippen LogP contribution is -2.27. The molecule has 3 N–H and O–H groups in total. The summed E-state index contributed by atoms with van der Waals surface area (Å²) in [7, 11) is 0. The van der Waals surface area contributed by atoms with Crippen molar-refractivity contribution < 1.29 is 4.39 Å². The van der Waals surface area contributed by atoms with Crippen LogP contribution < -0.4 is 11.3 Å². The molecule has 0 radical (unpaired) electrons. The predicted molar refractivity (Wildman–Crippen MR) is 51.7 cm³/mol. The van der Waals surface area contributed by atoms with Gasteiger partial charge in [0.1, 0.15) is 5.82 Å². The second kappa shape index (κ2) is 4.37. The SMILES string of the molecule is C=CC(NN)c1cc(Cl)ccc1F. The Kier molecular flexibility index (Phi) is 3.42. The average Bonchev–Trinajstić information content (AvgIpc) is 2.13. The molecule has 13 heavy (non-hydrogen) atoms. The van der Waals surface area contributed by atoms with Crippen LogP contribution in [0, 0.1) is 5.82 Å². The highest BCUT2D eigenvalue weighted by molar-refractivity contribution is 6.30. The van der Waals surface area contributed by atoms with Crippen LogP contribution in [-0.2, 0) is 0 Å². The zero-order valence-electron chi connectivity index (χ0n) is 6.93. The first-order valence-corrected chi connectivity index (χ1v) is 4.10. The molecule has 0 spiro atoms. The van der Waals surface area contributed by atoms with Gasteiger partial charge in [-0.3, -0.25) is 5.84 Å². The van der Waals surface area contributed by atoms with Crippen molar-refractivity contribution in [3.63, 3.8) is 0 Å². The molecule has 0 aliphatic heterocycles. The maximum absolute atomic E-state index is 13.2. The molecule has 4 heteroatoms. The standard InChI is InChI=1S/C9H10ClFN2/c1-2-9(13-12)7-5-6(10)3-4-8(7)11/h2-5,9,13H,1,12H2. The molecule has 2 nitrogen and oxygen atoms in total. The van der Waals surface area contributed by atoms with Gasteiger partial charge < -0.3 is 0 Å². The number of hydrogen-bond donors (Lipinski definition) is 2. The quantitative estimate of drug-likeness (QED) is 0.446. The van der Waals surface area contributed by atoms with E-state index in [1.54, 1.807) is 0 Å². The Morgan fingerprint density at radius 1 is 1.62 bits per heavy atom. The van der Waals surface area contributed by atoms with Crippen molar-refractivity contribution in [1.82, 2.24) is 5.43 Å². The molecule has 1 aromatic rings. The van der Waals surface area contributed by atoms with Crippen molar-refractivity contribution in [3.8, 4) is 0 Å². The molecule has 0 bridgehead atoms. The van der Waals surface area contributed by atoms with E-state index in [4.69, 9.17) is 17.4 Å². The van der Waals surface area contributed by atoms with E-state index >= 15 is 0 Å². The molecular formula is C9H10ClFN2. The van der Waals surface area contributed by atoms with Crippen molar-refractivity contribution in [2.75, 3.05) is 0 Å². The molecule has 70 valence electrons. The number of rotatable bonds is 3. The minimum atomic E-state index is -0.418. The molecule has 0 aliphatic rings. The molecule has 1 atom stereocenters. The van der Waals surface area contributed by atoms with Gasteiger partial charge in [0, 0.05) is 10.6 Å². The first-order valence-electron chi connectivity index (χ1n) is 3.72. The van der Waals surface area contributed by atoms with Gasteiger partial charge in [0.2, 0.25) is 0 Å². The van der Waals surface area contributed by atoms with Gasteiger partial charge in [-0.2, -0.15) is 0 Å². The van der Waals surface area contributed by atoms with Crippen molar-refractivity contribution in [2.45, 2.75) is 6.04 Å². The molecule has 1 rings (SSSR count). The second-order valence-electron chi connectivity index (χ2n) is 2.55. The van der Waals surface area contributed by atoms with E-state index in [1.165, 1.54) is 24.3 Å². The second-order valence-corrected chi connectivity index (χ2v) is 2.98. The number of hydrogen-bond acceptors (Lipinski definition) is 2. The van der Waals surface area contributed by atoms with E-state index in [0.717, 1.165) is 0 Å². The smallest absolute Gasteiger partial charge is 0.128 e. The van der Waals surface area contributed by atoms with Crippen LogP contribution in [0.25, 0.3) is 0 Å². The molecule has 0 aromatic heterocycles. The fraction of sp³-hybridized carbons (Fsp3) is 0.111. The van der Waals surface area contributed by atoms with Gasteiger partial charge in [-0.05, 0) is 18.2 Å². The van der Waals surface area contributed by atoms with Crippen LogP contribution in [0.2, 0.25) is 5.02 Å². The summed E-state index contributed by atoms with van der Waals surface area (Å²) < 4.78 is 13.2. The van der Waals surface area contributed by atoms with E-state index in [-0.39, 0.29) is 5.82 Å². The average molecular weight is 201 g/mol. The van der Waals surface area contributed by atoms with Crippen molar-refractivity contribution in [3.05, 3.63) is 47.3 Å². The Hall–Kier alpha value is -0.900. The summed E-state index contributed by atoms with van der Waals surface area (Å²) in [6.07, 6.45) is 1.51. The minimum absolute atomic E-state index is 0.354.